The maximum Gasteiger partial charge on any atom is 0.220 e. The van der Waals surface area contributed by atoms with Gasteiger partial charge in [-0.25, -0.2) is 0 Å². The molecular formula is C13H15NO3. The maximum absolute atomic E-state index is 11.3. The van der Waals surface area contributed by atoms with Crippen molar-refractivity contribution in [2.24, 2.45) is 0 Å². The first-order valence-electron chi connectivity index (χ1n) is 5.70. The Morgan fingerprint density at radius 3 is 2.65 bits per heavy atom. The average Bonchev–Trinajstić information content (AvgIpc) is 2.39. The van der Waals surface area contributed by atoms with Crippen LogP contribution in [-0.2, 0) is 15.2 Å². The van der Waals surface area contributed by atoms with Crippen molar-refractivity contribution >= 4 is 12.2 Å². The summed E-state index contributed by atoms with van der Waals surface area (Å²) in [4.78, 5) is 22.6. The Hall–Kier alpha value is -1.68. The molecule has 2 N–H and O–H groups in total. The topological polar surface area (TPSA) is 66.4 Å². The lowest BCUT2D eigenvalue weighted by Crippen LogP contribution is -2.53. The molecule has 1 aliphatic heterocycles. The van der Waals surface area contributed by atoms with Crippen LogP contribution in [0.4, 0.5) is 0 Å². The lowest BCUT2D eigenvalue weighted by atomic mass is 9.83. The minimum Gasteiger partial charge on any atom is -0.375 e. The van der Waals surface area contributed by atoms with E-state index in [1.54, 1.807) is 24.3 Å². The zero-order chi connectivity index (χ0) is 12.3. The molecule has 1 aromatic rings. The van der Waals surface area contributed by atoms with Crippen molar-refractivity contribution in [3.8, 4) is 0 Å². The van der Waals surface area contributed by atoms with Gasteiger partial charge >= 0.3 is 0 Å². The first kappa shape index (κ1) is 11.8. The summed E-state index contributed by atoms with van der Waals surface area (Å²) in [7, 11) is 0. The Morgan fingerprint density at radius 2 is 2.06 bits per heavy atom. The van der Waals surface area contributed by atoms with E-state index in [1.807, 2.05) is 6.07 Å². The van der Waals surface area contributed by atoms with Crippen molar-refractivity contribution in [2.75, 3.05) is 0 Å². The second-order valence-corrected chi connectivity index (χ2v) is 4.32. The molecule has 1 heterocycles. The molecule has 0 aromatic heterocycles. The Bertz CT molecular complexity index is 418. The van der Waals surface area contributed by atoms with Gasteiger partial charge in [0.05, 0.1) is 6.04 Å². The third-order valence-corrected chi connectivity index (χ3v) is 3.18. The first-order valence-corrected chi connectivity index (χ1v) is 5.70. The molecule has 0 unspecified atom stereocenters. The smallest absolute Gasteiger partial charge is 0.220 e. The summed E-state index contributed by atoms with van der Waals surface area (Å²) in [5, 5.41) is 13.1. The third-order valence-electron chi connectivity index (χ3n) is 3.18. The number of rotatable bonds is 3. The molecule has 4 heteroatoms. The van der Waals surface area contributed by atoms with Crippen LogP contribution in [0.5, 0.6) is 0 Å². The van der Waals surface area contributed by atoms with Crippen LogP contribution >= 0.6 is 0 Å². The highest BCUT2D eigenvalue weighted by atomic mass is 16.3. The van der Waals surface area contributed by atoms with Crippen LogP contribution in [0.1, 0.15) is 24.8 Å². The number of hydrogen-bond acceptors (Lipinski definition) is 3. The molecule has 0 aliphatic carbocycles. The van der Waals surface area contributed by atoms with Crippen LogP contribution in [0, 0.1) is 0 Å². The molecule has 0 bridgehead atoms. The largest absolute Gasteiger partial charge is 0.375 e. The monoisotopic (exact) mass is 233 g/mol. The fraction of sp³-hybridized carbons (Fsp3) is 0.385. The zero-order valence-electron chi connectivity index (χ0n) is 9.43. The molecule has 1 amide bonds. The van der Waals surface area contributed by atoms with Gasteiger partial charge in [-0.15, -0.1) is 0 Å². The number of piperidine rings is 1. The molecule has 2 rings (SSSR count). The van der Waals surface area contributed by atoms with Crippen LogP contribution in [0.15, 0.2) is 30.3 Å². The number of aliphatic hydroxyl groups is 1. The summed E-state index contributed by atoms with van der Waals surface area (Å²) in [5.74, 6) is -0.113. The summed E-state index contributed by atoms with van der Waals surface area (Å²) in [6.45, 7) is 0. The number of nitrogens with one attached hydrogen (secondary N) is 1. The van der Waals surface area contributed by atoms with Gasteiger partial charge in [0.25, 0.3) is 0 Å². The highest BCUT2D eigenvalue weighted by molar-refractivity contribution is 5.79. The molecule has 1 saturated heterocycles. The molecule has 0 spiro atoms. The number of amides is 1. The molecule has 1 aliphatic rings. The highest BCUT2D eigenvalue weighted by Gasteiger charge is 2.40. The quantitative estimate of drug-likeness (QED) is 0.757. The number of aldehydes is 1. The number of carbonyl (C=O) groups excluding carboxylic acids is 2. The molecule has 2 atom stereocenters. The van der Waals surface area contributed by atoms with Gasteiger partial charge in [-0.05, 0) is 18.4 Å². The summed E-state index contributed by atoms with van der Waals surface area (Å²) < 4.78 is 0. The van der Waals surface area contributed by atoms with E-state index in [-0.39, 0.29) is 5.91 Å². The zero-order valence-corrected chi connectivity index (χ0v) is 9.43. The molecule has 0 saturated carbocycles. The second-order valence-electron chi connectivity index (χ2n) is 4.32. The summed E-state index contributed by atoms with van der Waals surface area (Å²) in [5.41, 5.74) is -1.11. The summed E-state index contributed by atoms with van der Waals surface area (Å²) >= 11 is 0. The standard InChI is InChI=1S/C13H15NO3/c15-9-13(17,10-5-2-1-3-6-10)11-7-4-8-12(16)14-11/h1-3,5-6,9,11,17H,4,7-8H2,(H,14,16)/t11-,13+/m0/s1. The van der Waals surface area contributed by atoms with E-state index in [1.165, 1.54) is 0 Å². The molecule has 1 fully saturated rings. The van der Waals surface area contributed by atoms with Crippen LogP contribution < -0.4 is 5.32 Å². The number of carbonyl (C=O) groups is 2. The van der Waals surface area contributed by atoms with Gasteiger partial charge in [0.2, 0.25) is 5.91 Å². The van der Waals surface area contributed by atoms with Crippen LogP contribution in [-0.4, -0.2) is 23.3 Å². The Kier molecular flexibility index (Phi) is 3.24. The van der Waals surface area contributed by atoms with Crippen molar-refractivity contribution in [1.29, 1.82) is 0 Å². The number of hydrogen-bond donors (Lipinski definition) is 2. The summed E-state index contributed by atoms with van der Waals surface area (Å²) in [6, 6.07) is 8.17. The minimum atomic E-state index is -1.63. The first-order chi connectivity index (χ1) is 8.16. The highest BCUT2D eigenvalue weighted by Crippen LogP contribution is 2.27. The van der Waals surface area contributed by atoms with Crippen molar-refractivity contribution in [3.05, 3.63) is 35.9 Å². The molecule has 1 aromatic carbocycles. The second kappa shape index (κ2) is 4.67. The molecule has 90 valence electrons. The third kappa shape index (κ3) is 2.22. The lowest BCUT2D eigenvalue weighted by molar-refractivity contribution is -0.134. The van der Waals surface area contributed by atoms with Crippen LogP contribution in [0.2, 0.25) is 0 Å². The van der Waals surface area contributed by atoms with Crippen molar-refractivity contribution in [3.63, 3.8) is 0 Å². The van der Waals surface area contributed by atoms with Gasteiger partial charge in [-0.3, -0.25) is 9.59 Å². The van der Waals surface area contributed by atoms with Gasteiger partial charge in [-0.1, -0.05) is 30.3 Å². The summed E-state index contributed by atoms with van der Waals surface area (Å²) in [6.07, 6.45) is 2.27. The van der Waals surface area contributed by atoms with E-state index in [4.69, 9.17) is 0 Å². The maximum atomic E-state index is 11.3. The van der Waals surface area contributed by atoms with E-state index in [0.29, 0.717) is 31.1 Å². The van der Waals surface area contributed by atoms with Gasteiger partial charge < -0.3 is 10.4 Å². The van der Waals surface area contributed by atoms with Crippen molar-refractivity contribution < 1.29 is 14.7 Å². The van der Waals surface area contributed by atoms with Crippen LogP contribution in [0.25, 0.3) is 0 Å². The normalized spacial score (nSPS) is 23.6. The van der Waals surface area contributed by atoms with E-state index < -0.39 is 11.6 Å². The Labute approximate surface area is 99.6 Å². The van der Waals surface area contributed by atoms with E-state index >= 15 is 0 Å². The molecule has 0 radical (unpaired) electrons. The fourth-order valence-electron chi connectivity index (χ4n) is 2.19. The molecule has 17 heavy (non-hydrogen) atoms. The lowest BCUT2D eigenvalue weighted by Gasteiger charge is -2.35. The SMILES string of the molecule is O=C[C@@](O)(c1ccccc1)[C@@H]1CCCC(=O)N1. The Balaban J connectivity index is 2.30. The van der Waals surface area contributed by atoms with Gasteiger partial charge in [0.15, 0.2) is 11.9 Å². The number of benzene rings is 1. The van der Waals surface area contributed by atoms with Crippen molar-refractivity contribution in [1.82, 2.24) is 5.32 Å². The van der Waals surface area contributed by atoms with E-state index in [9.17, 15) is 14.7 Å². The predicted molar refractivity (Wildman–Crippen MR) is 62.2 cm³/mol. The average molecular weight is 233 g/mol. The van der Waals surface area contributed by atoms with Gasteiger partial charge in [-0.2, -0.15) is 0 Å². The van der Waals surface area contributed by atoms with Crippen LogP contribution in [0.3, 0.4) is 0 Å². The van der Waals surface area contributed by atoms with E-state index in [2.05, 4.69) is 5.32 Å². The Morgan fingerprint density at radius 1 is 1.35 bits per heavy atom. The minimum absolute atomic E-state index is 0.113. The van der Waals surface area contributed by atoms with Gasteiger partial charge in [0.1, 0.15) is 0 Å². The van der Waals surface area contributed by atoms with Crippen molar-refractivity contribution in [2.45, 2.75) is 30.9 Å². The molecular weight excluding hydrogens is 218 g/mol. The fourth-order valence-corrected chi connectivity index (χ4v) is 2.19. The van der Waals surface area contributed by atoms with Gasteiger partial charge in [0, 0.05) is 6.42 Å². The predicted octanol–water partition coefficient (Wildman–Crippen LogP) is 0.742. The molecule has 4 nitrogen and oxygen atoms in total. The van der Waals surface area contributed by atoms with E-state index in [0.717, 1.165) is 0 Å².